The van der Waals surface area contributed by atoms with E-state index in [4.69, 9.17) is 18.9 Å². The summed E-state index contributed by atoms with van der Waals surface area (Å²) in [5.41, 5.74) is 0.939. The van der Waals surface area contributed by atoms with E-state index in [9.17, 15) is 9.59 Å². The van der Waals surface area contributed by atoms with Crippen molar-refractivity contribution in [2.24, 2.45) is 5.41 Å². The Labute approximate surface area is 173 Å². The van der Waals surface area contributed by atoms with Gasteiger partial charge in [0.15, 0.2) is 0 Å². The minimum Gasteiger partial charge on any atom is -0.494 e. The van der Waals surface area contributed by atoms with Gasteiger partial charge in [-0.15, -0.1) is 0 Å². The highest BCUT2D eigenvalue weighted by atomic mass is 16.5. The number of esters is 2. The van der Waals surface area contributed by atoms with Crippen molar-refractivity contribution in [3.05, 3.63) is 42.0 Å². The van der Waals surface area contributed by atoms with Crippen LogP contribution in [0, 0.1) is 5.41 Å². The molecule has 0 saturated carbocycles. The third-order valence-corrected chi connectivity index (χ3v) is 5.05. The lowest BCUT2D eigenvalue weighted by Crippen LogP contribution is -2.46. The van der Waals surface area contributed by atoms with Gasteiger partial charge in [0, 0.05) is 5.57 Å². The number of carbonyl (C=O) groups is 2. The molecule has 0 unspecified atom stereocenters. The van der Waals surface area contributed by atoms with Gasteiger partial charge in [0.2, 0.25) is 0 Å². The highest BCUT2D eigenvalue weighted by molar-refractivity contribution is 5.89. The molecule has 1 aliphatic rings. The average Bonchev–Trinajstić information content (AvgIpc) is 2.69. The number of ether oxygens (including phenoxy) is 4. The zero-order valence-corrected chi connectivity index (χ0v) is 17.5. The molecule has 0 aliphatic carbocycles. The molecule has 0 bridgehead atoms. The maximum atomic E-state index is 12.2. The fourth-order valence-electron chi connectivity index (χ4n) is 2.81. The predicted octanol–water partition coefficient (Wildman–Crippen LogP) is 4.33. The van der Waals surface area contributed by atoms with E-state index in [1.807, 2.05) is 0 Å². The third kappa shape index (κ3) is 7.54. The molecular weight excluding hydrogens is 372 g/mol. The van der Waals surface area contributed by atoms with E-state index in [2.05, 4.69) is 13.5 Å². The molecule has 0 aromatic heterocycles. The van der Waals surface area contributed by atoms with Crippen molar-refractivity contribution in [1.29, 1.82) is 0 Å². The maximum absolute atomic E-state index is 12.2. The van der Waals surface area contributed by atoms with Gasteiger partial charge in [-0.3, -0.25) is 0 Å². The number of rotatable bonds is 13. The Hall–Kier alpha value is -2.34. The molecular formula is C23H32O6. The summed E-state index contributed by atoms with van der Waals surface area (Å²) in [5, 5.41) is 0. The lowest BCUT2D eigenvalue weighted by atomic mass is 9.84. The summed E-state index contributed by atoms with van der Waals surface area (Å²) in [6.45, 7) is 10.0. The third-order valence-electron chi connectivity index (χ3n) is 5.05. The molecule has 1 fully saturated rings. The quantitative estimate of drug-likeness (QED) is 0.277. The van der Waals surface area contributed by atoms with Gasteiger partial charge in [0.05, 0.1) is 37.4 Å². The number of hydrogen-bond acceptors (Lipinski definition) is 6. The van der Waals surface area contributed by atoms with Crippen LogP contribution in [0.15, 0.2) is 36.4 Å². The molecule has 1 aromatic carbocycles. The van der Waals surface area contributed by atoms with E-state index in [0.29, 0.717) is 44.2 Å². The first-order valence-electron chi connectivity index (χ1n) is 10.3. The Bertz CT molecular complexity index is 670. The fourth-order valence-corrected chi connectivity index (χ4v) is 2.81. The Morgan fingerprint density at radius 1 is 1.03 bits per heavy atom. The summed E-state index contributed by atoms with van der Waals surface area (Å²) in [6, 6.07) is 7.03. The number of hydrogen-bond donors (Lipinski definition) is 0. The molecule has 1 aromatic rings. The van der Waals surface area contributed by atoms with Crippen LogP contribution in [0.3, 0.4) is 0 Å². The topological polar surface area (TPSA) is 71.1 Å². The van der Waals surface area contributed by atoms with Crippen LogP contribution in [-0.4, -0.2) is 45.0 Å². The zero-order chi connectivity index (χ0) is 21.1. The van der Waals surface area contributed by atoms with Crippen molar-refractivity contribution >= 4 is 11.9 Å². The van der Waals surface area contributed by atoms with E-state index >= 15 is 0 Å². The predicted molar refractivity (Wildman–Crippen MR) is 110 cm³/mol. The van der Waals surface area contributed by atoms with Crippen molar-refractivity contribution in [2.45, 2.75) is 46.0 Å². The van der Waals surface area contributed by atoms with Gasteiger partial charge in [0.1, 0.15) is 12.4 Å². The molecule has 0 N–H and O–H groups in total. The molecule has 2 rings (SSSR count). The van der Waals surface area contributed by atoms with E-state index in [1.54, 1.807) is 31.2 Å². The zero-order valence-electron chi connectivity index (χ0n) is 17.5. The van der Waals surface area contributed by atoms with Gasteiger partial charge in [-0.05, 0) is 63.3 Å². The number of benzene rings is 1. The number of unbranched alkanes of at least 4 members (excludes halogenated alkanes) is 3. The van der Waals surface area contributed by atoms with E-state index in [1.165, 1.54) is 0 Å². The lowest BCUT2D eigenvalue weighted by molar-refractivity contribution is -0.140. The molecule has 1 aliphatic heterocycles. The van der Waals surface area contributed by atoms with Crippen molar-refractivity contribution in [2.75, 3.05) is 33.0 Å². The second-order valence-corrected chi connectivity index (χ2v) is 7.63. The summed E-state index contributed by atoms with van der Waals surface area (Å²) in [4.78, 5) is 23.4. The first-order chi connectivity index (χ1) is 14.0. The average molecular weight is 405 g/mol. The van der Waals surface area contributed by atoms with Crippen LogP contribution in [0.25, 0.3) is 0 Å². The maximum Gasteiger partial charge on any atom is 0.338 e. The van der Waals surface area contributed by atoms with Gasteiger partial charge in [-0.1, -0.05) is 13.5 Å². The SMILES string of the molecule is C=C(C)C(=O)OCCCCCCOc1ccc(C(=O)OCC2(CC)COC2)cc1. The Balaban J connectivity index is 1.57. The molecule has 1 saturated heterocycles. The highest BCUT2D eigenvalue weighted by Crippen LogP contribution is 2.31. The lowest BCUT2D eigenvalue weighted by Gasteiger charge is -2.39. The summed E-state index contributed by atoms with van der Waals surface area (Å²) in [6.07, 6.45) is 4.66. The van der Waals surface area contributed by atoms with Crippen LogP contribution in [0.5, 0.6) is 5.75 Å². The summed E-state index contributed by atoms with van der Waals surface area (Å²) in [5.74, 6) is 0.0839. The largest absolute Gasteiger partial charge is 0.494 e. The first-order valence-corrected chi connectivity index (χ1v) is 10.3. The molecule has 6 nitrogen and oxygen atoms in total. The first kappa shape index (κ1) is 22.9. The van der Waals surface area contributed by atoms with Crippen molar-refractivity contribution in [3.8, 4) is 5.75 Å². The molecule has 0 spiro atoms. The van der Waals surface area contributed by atoms with E-state index in [0.717, 1.165) is 37.9 Å². The highest BCUT2D eigenvalue weighted by Gasteiger charge is 2.38. The monoisotopic (exact) mass is 404 g/mol. The summed E-state index contributed by atoms with van der Waals surface area (Å²) in [7, 11) is 0. The summed E-state index contributed by atoms with van der Waals surface area (Å²) >= 11 is 0. The van der Waals surface area contributed by atoms with Crippen LogP contribution in [0.4, 0.5) is 0 Å². The number of carbonyl (C=O) groups excluding carboxylic acids is 2. The minimum atomic E-state index is -0.331. The molecule has 0 atom stereocenters. The van der Waals surface area contributed by atoms with Gasteiger partial charge >= 0.3 is 11.9 Å². The van der Waals surface area contributed by atoms with Crippen LogP contribution in [0.1, 0.15) is 56.3 Å². The second-order valence-electron chi connectivity index (χ2n) is 7.63. The van der Waals surface area contributed by atoms with Crippen molar-refractivity contribution in [1.82, 2.24) is 0 Å². The Kier molecular flexibility index (Phi) is 9.19. The van der Waals surface area contributed by atoms with Gasteiger partial charge in [-0.25, -0.2) is 9.59 Å². The van der Waals surface area contributed by atoms with Gasteiger partial charge < -0.3 is 18.9 Å². The molecule has 0 amide bonds. The minimum absolute atomic E-state index is 0.00897. The normalized spacial score (nSPS) is 14.6. The van der Waals surface area contributed by atoms with Gasteiger partial charge in [0.25, 0.3) is 0 Å². The molecule has 6 heteroatoms. The van der Waals surface area contributed by atoms with E-state index in [-0.39, 0.29) is 17.4 Å². The fraction of sp³-hybridized carbons (Fsp3) is 0.565. The standard InChI is InChI=1S/C23H32O6/c1-4-23(15-26-16-23)17-29-22(25)19-9-11-20(12-10-19)27-13-7-5-6-8-14-28-21(24)18(2)3/h9-12H,2,4-8,13-17H2,1,3H3. The second kappa shape index (κ2) is 11.6. The molecule has 1 heterocycles. The Morgan fingerprint density at radius 3 is 2.24 bits per heavy atom. The van der Waals surface area contributed by atoms with Crippen molar-refractivity contribution < 1.29 is 28.5 Å². The van der Waals surface area contributed by atoms with Crippen LogP contribution >= 0.6 is 0 Å². The van der Waals surface area contributed by atoms with Crippen LogP contribution < -0.4 is 4.74 Å². The van der Waals surface area contributed by atoms with Crippen molar-refractivity contribution in [3.63, 3.8) is 0 Å². The summed E-state index contributed by atoms with van der Waals surface area (Å²) < 4.78 is 21.4. The van der Waals surface area contributed by atoms with Crippen LogP contribution in [-0.2, 0) is 19.0 Å². The van der Waals surface area contributed by atoms with Crippen LogP contribution in [0.2, 0.25) is 0 Å². The smallest absolute Gasteiger partial charge is 0.338 e. The van der Waals surface area contributed by atoms with Gasteiger partial charge in [-0.2, -0.15) is 0 Å². The Morgan fingerprint density at radius 2 is 1.69 bits per heavy atom. The van der Waals surface area contributed by atoms with E-state index < -0.39 is 0 Å². The molecule has 0 radical (unpaired) electrons. The molecule has 160 valence electrons. The molecule has 29 heavy (non-hydrogen) atoms.